The summed E-state index contributed by atoms with van der Waals surface area (Å²) in [5, 5.41) is 0. The summed E-state index contributed by atoms with van der Waals surface area (Å²) in [7, 11) is 3.88. The first-order valence-corrected chi connectivity index (χ1v) is 9.61. The molecule has 2 aliphatic heterocycles. The third kappa shape index (κ3) is 3.75. The fourth-order valence-electron chi connectivity index (χ4n) is 4.78. The minimum absolute atomic E-state index is 0.0684. The maximum absolute atomic E-state index is 13.3. The van der Waals surface area contributed by atoms with E-state index in [9.17, 15) is 4.79 Å². The van der Waals surface area contributed by atoms with Crippen molar-refractivity contribution in [1.29, 1.82) is 0 Å². The highest BCUT2D eigenvalue weighted by atomic mass is 16.5. The summed E-state index contributed by atoms with van der Waals surface area (Å²) in [4.78, 5) is 17.6. The number of nitrogens with zero attached hydrogens (tertiary/aromatic N) is 2. The van der Waals surface area contributed by atoms with Crippen LogP contribution >= 0.6 is 0 Å². The first kappa shape index (κ1) is 18.4. The standard InChI is InChI=1S/C21H32N2O2/c1-5-23(14-25-4)21(24)19-13-17(16-8-6-15(2)7-9-16)12-18-10-11-20(19)22(18)3/h6-9,17-20H,5,10-14H2,1-4H3. The van der Waals surface area contributed by atoms with E-state index in [1.54, 1.807) is 7.11 Å². The number of ether oxygens (including phenoxy) is 1. The number of methoxy groups -OCH3 is 1. The Morgan fingerprint density at radius 2 is 1.96 bits per heavy atom. The molecule has 2 heterocycles. The van der Waals surface area contributed by atoms with Gasteiger partial charge >= 0.3 is 0 Å². The van der Waals surface area contributed by atoms with E-state index in [4.69, 9.17) is 4.74 Å². The van der Waals surface area contributed by atoms with Crippen LogP contribution in [0.3, 0.4) is 0 Å². The number of rotatable bonds is 5. The van der Waals surface area contributed by atoms with Crippen LogP contribution < -0.4 is 0 Å². The molecule has 3 rings (SSSR count). The number of aryl methyl sites for hydroxylation is 1. The summed E-state index contributed by atoms with van der Waals surface area (Å²) in [6.07, 6.45) is 4.47. The molecule has 0 radical (unpaired) electrons. The summed E-state index contributed by atoms with van der Waals surface area (Å²) in [5.41, 5.74) is 2.68. The van der Waals surface area contributed by atoms with Crippen LogP contribution in [-0.4, -0.2) is 55.2 Å². The number of carbonyl (C=O) groups excluding carboxylic acids is 1. The minimum atomic E-state index is 0.0684. The monoisotopic (exact) mass is 344 g/mol. The van der Waals surface area contributed by atoms with E-state index in [-0.39, 0.29) is 11.8 Å². The highest BCUT2D eigenvalue weighted by Crippen LogP contribution is 2.43. The summed E-state index contributed by atoms with van der Waals surface area (Å²) >= 11 is 0. The molecule has 1 aromatic rings. The first-order valence-electron chi connectivity index (χ1n) is 9.61. The van der Waals surface area contributed by atoms with Crippen molar-refractivity contribution < 1.29 is 9.53 Å². The molecule has 0 N–H and O–H groups in total. The van der Waals surface area contributed by atoms with E-state index in [1.807, 2.05) is 11.8 Å². The van der Waals surface area contributed by atoms with Gasteiger partial charge in [-0.15, -0.1) is 0 Å². The highest BCUT2D eigenvalue weighted by Gasteiger charge is 2.45. The number of benzene rings is 1. The molecule has 0 aromatic heterocycles. The van der Waals surface area contributed by atoms with Gasteiger partial charge in [-0.05, 0) is 58.1 Å². The Hall–Kier alpha value is -1.39. The Labute approximate surface area is 152 Å². The topological polar surface area (TPSA) is 32.8 Å². The average molecular weight is 344 g/mol. The molecule has 1 aromatic carbocycles. The molecule has 2 fully saturated rings. The second-order valence-electron chi connectivity index (χ2n) is 7.76. The molecular weight excluding hydrogens is 312 g/mol. The van der Waals surface area contributed by atoms with E-state index in [2.05, 4.69) is 43.1 Å². The van der Waals surface area contributed by atoms with Crippen LogP contribution in [0.5, 0.6) is 0 Å². The number of hydrogen-bond donors (Lipinski definition) is 0. The zero-order valence-electron chi connectivity index (χ0n) is 16.1. The molecule has 2 saturated heterocycles. The van der Waals surface area contributed by atoms with Crippen LogP contribution in [0.15, 0.2) is 24.3 Å². The number of fused-ring (bicyclic) bond motifs is 2. The summed E-state index contributed by atoms with van der Waals surface area (Å²) in [6, 6.07) is 9.89. The van der Waals surface area contributed by atoms with Gasteiger partial charge < -0.3 is 9.64 Å². The van der Waals surface area contributed by atoms with Crippen LogP contribution in [0, 0.1) is 12.8 Å². The Kier molecular flexibility index (Phi) is 5.80. The molecule has 4 atom stereocenters. The zero-order chi connectivity index (χ0) is 18.0. The number of hydrogen-bond acceptors (Lipinski definition) is 3. The normalized spacial score (nSPS) is 29.4. The largest absolute Gasteiger partial charge is 0.364 e. The summed E-state index contributed by atoms with van der Waals surface area (Å²) in [5.74, 6) is 0.799. The van der Waals surface area contributed by atoms with Gasteiger partial charge in [0.15, 0.2) is 0 Å². The molecular formula is C21H32N2O2. The minimum Gasteiger partial charge on any atom is -0.364 e. The maximum atomic E-state index is 13.3. The lowest BCUT2D eigenvalue weighted by atomic mass is 9.80. The molecule has 4 nitrogen and oxygen atoms in total. The quantitative estimate of drug-likeness (QED) is 0.768. The summed E-state index contributed by atoms with van der Waals surface area (Å²) < 4.78 is 5.26. The fraction of sp³-hybridized carbons (Fsp3) is 0.667. The maximum Gasteiger partial charge on any atom is 0.229 e. The van der Waals surface area contributed by atoms with Gasteiger partial charge in [0.25, 0.3) is 0 Å². The van der Waals surface area contributed by atoms with Gasteiger partial charge in [0.2, 0.25) is 5.91 Å². The van der Waals surface area contributed by atoms with Crippen molar-refractivity contribution in [3.05, 3.63) is 35.4 Å². The van der Waals surface area contributed by atoms with Crippen molar-refractivity contribution in [2.24, 2.45) is 5.92 Å². The highest BCUT2D eigenvalue weighted by molar-refractivity contribution is 5.79. The van der Waals surface area contributed by atoms with Crippen LogP contribution in [-0.2, 0) is 9.53 Å². The van der Waals surface area contributed by atoms with Gasteiger partial charge in [-0.1, -0.05) is 29.8 Å². The van der Waals surface area contributed by atoms with Gasteiger partial charge in [0.05, 0.1) is 5.92 Å². The predicted molar refractivity (Wildman–Crippen MR) is 100 cm³/mol. The number of carbonyl (C=O) groups is 1. The molecule has 0 saturated carbocycles. The Morgan fingerprint density at radius 3 is 2.60 bits per heavy atom. The van der Waals surface area contributed by atoms with Crippen LogP contribution in [0.2, 0.25) is 0 Å². The van der Waals surface area contributed by atoms with E-state index in [1.165, 1.54) is 17.5 Å². The molecule has 1 amide bonds. The van der Waals surface area contributed by atoms with Crippen molar-refractivity contribution in [1.82, 2.24) is 9.80 Å². The SMILES string of the molecule is CCN(COC)C(=O)C1CC(c2ccc(C)cc2)CC2CCC1N2C. The van der Waals surface area contributed by atoms with Crippen LogP contribution in [0.1, 0.15) is 49.7 Å². The van der Waals surface area contributed by atoms with E-state index in [0.717, 1.165) is 19.3 Å². The van der Waals surface area contributed by atoms with Crippen molar-refractivity contribution >= 4 is 5.91 Å². The van der Waals surface area contributed by atoms with Crippen molar-refractivity contribution in [2.75, 3.05) is 27.4 Å². The van der Waals surface area contributed by atoms with Gasteiger partial charge in [-0.25, -0.2) is 0 Å². The molecule has 0 aliphatic carbocycles. The third-order valence-corrected chi connectivity index (χ3v) is 6.30. The molecule has 4 unspecified atom stereocenters. The molecule has 2 aliphatic rings. The third-order valence-electron chi connectivity index (χ3n) is 6.30. The lowest BCUT2D eigenvalue weighted by molar-refractivity contribution is -0.142. The van der Waals surface area contributed by atoms with Crippen LogP contribution in [0.4, 0.5) is 0 Å². The van der Waals surface area contributed by atoms with Crippen molar-refractivity contribution in [3.8, 4) is 0 Å². The van der Waals surface area contributed by atoms with Gasteiger partial charge in [0.1, 0.15) is 6.73 Å². The lowest BCUT2D eigenvalue weighted by Crippen LogP contribution is -2.45. The van der Waals surface area contributed by atoms with E-state index in [0.29, 0.717) is 31.3 Å². The second kappa shape index (κ2) is 7.88. The molecule has 2 bridgehead atoms. The fourth-order valence-corrected chi connectivity index (χ4v) is 4.78. The zero-order valence-corrected chi connectivity index (χ0v) is 16.1. The van der Waals surface area contributed by atoms with Crippen LogP contribution in [0.25, 0.3) is 0 Å². The number of amides is 1. The van der Waals surface area contributed by atoms with E-state index >= 15 is 0 Å². The van der Waals surface area contributed by atoms with Gasteiger partial charge in [-0.3, -0.25) is 9.69 Å². The van der Waals surface area contributed by atoms with Gasteiger partial charge in [-0.2, -0.15) is 0 Å². The average Bonchev–Trinajstić information content (AvgIpc) is 2.88. The lowest BCUT2D eigenvalue weighted by Gasteiger charge is -2.32. The Morgan fingerprint density at radius 1 is 1.24 bits per heavy atom. The smallest absolute Gasteiger partial charge is 0.229 e. The predicted octanol–water partition coefficient (Wildman–Crippen LogP) is 3.40. The van der Waals surface area contributed by atoms with Crippen molar-refractivity contribution in [2.45, 2.75) is 57.5 Å². The molecule has 25 heavy (non-hydrogen) atoms. The Balaban J connectivity index is 1.87. The first-order chi connectivity index (χ1) is 12.0. The van der Waals surface area contributed by atoms with Crippen molar-refractivity contribution in [3.63, 3.8) is 0 Å². The van der Waals surface area contributed by atoms with Gasteiger partial charge in [0, 0.05) is 25.7 Å². The Bertz CT molecular complexity index is 586. The summed E-state index contributed by atoms with van der Waals surface area (Å²) in [6.45, 7) is 5.26. The molecule has 138 valence electrons. The second-order valence-corrected chi connectivity index (χ2v) is 7.76. The van der Waals surface area contributed by atoms with E-state index < -0.39 is 0 Å². The molecule has 4 heteroatoms. The molecule has 0 spiro atoms.